The van der Waals surface area contributed by atoms with E-state index in [1.54, 1.807) is 16.2 Å². The third kappa shape index (κ3) is 1.69. The van der Waals surface area contributed by atoms with E-state index in [2.05, 4.69) is 4.98 Å². The number of nitrogens with zero attached hydrogens (tertiary/aromatic N) is 4. The van der Waals surface area contributed by atoms with Gasteiger partial charge in [0.1, 0.15) is 0 Å². The highest BCUT2D eigenvalue weighted by Gasteiger charge is 2.24. The molecule has 1 aliphatic carbocycles. The van der Waals surface area contributed by atoms with Gasteiger partial charge in [0.2, 0.25) is 5.95 Å². The van der Waals surface area contributed by atoms with E-state index < -0.39 is 0 Å². The predicted octanol–water partition coefficient (Wildman–Crippen LogP) is 0.521. The van der Waals surface area contributed by atoms with E-state index in [4.69, 9.17) is 5.73 Å². The molecule has 108 valence electrons. The van der Waals surface area contributed by atoms with E-state index in [1.807, 2.05) is 0 Å². The second kappa shape index (κ2) is 4.50. The van der Waals surface area contributed by atoms with Gasteiger partial charge in [0.15, 0.2) is 11.2 Å². The van der Waals surface area contributed by atoms with Gasteiger partial charge in [0.25, 0.3) is 5.56 Å². The van der Waals surface area contributed by atoms with Crippen molar-refractivity contribution in [3.8, 4) is 0 Å². The third-order valence-electron chi connectivity index (χ3n) is 4.28. The van der Waals surface area contributed by atoms with Crippen molar-refractivity contribution in [1.82, 2.24) is 18.7 Å². The lowest BCUT2D eigenvalue weighted by molar-refractivity contribution is 0.345. The molecule has 3 rings (SSSR count). The maximum absolute atomic E-state index is 12.5. The van der Waals surface area contributed by atoms with Crippen LogP contribution >= 0.6 is 0 Å². The molecule has 2 heterocycles. The molecule has 0 spiro atoms. The first-order valence-electron chi connectivity index (χ1n) is 6.95. The average Bonchev–Trinajstić information content (AvgIpc) is 2.74. The van der Waals surface area contributed by atoms with E-state index >= 15 is 0 Å². The van der Waals surface area contributed by atoms with Crippen LogP contribution in [0.5, 0.6) is 0 Å². The molecule has 7 nitrogen and oxygen atoms in total. The van der Waals surface area contributed by atoms with Crippen molar-refractivity contribution in [2.75, 3.05) is 5.73 Å². The summed E-state index contributed by atoms with van der Waals surface area (Å²) in [7, 11) is 3.20. The number of nitrogen functional groups attached to an aromatic ring is 1. The van der Waals surface area contributed by atoms with Crippen LogP contribution in [0.25, 0.3) is 11.2 Å². The monoisotopic (exact) mass is 277 g/mol. The van der Waals surface area contributed by atoms with Crippen molar-refractivity contribution in [3.63, 3.8) is 0 Å². The van der Waals surface area contributed by atoms with Gasteiger partial charge in [-0.2, -0.15) is 4.98 Å². The number of aromatic nitrogens is 4. The first kappa shape index (κ1) is 13.0. The molecule has 0 atom stereocenters. The van der Waals surface area contributed by atoms with Crippen LogP contribution in [0.3, 0.4) is 0 Å². The lowest BCUT2D eigenvalue weighted by atomic mass is 9.95. The van der Waals surface area contributed by atoms with Crippen molar-refractivity contribution < 1.29 is 0 Å². The number of aryl methyl sites for hydroxylation is 1. The summed E-state index contributed by atoms with van der Waals surface area (Å²) in [6.45, 7) is 0. The molecule has 0 saturated heterocycles. The van der Waals surface area contributed by atoms with Crippen LogP contribution in [0.1, 0.15) is 38.1 Å². The Balaban J connectivity index is 2.38. The van der Waals surface area contributed by atoms with Gasteiger partial charge >= 0.3 is 5.69 Å². The van der Waals surface area contributed by atoms with Gasteiger partial charge in [-0.05, 0) is 12.8 Å². The van der Waals surface area contributed by atoms with Gasteiger partial charge in [-0.3, -0.25) is 13.9 Å². The SMILES string of the molecule is Cn1c(=O)c2c(nc(N)n2C)n(C2CCCCC2)c1=O. The Morgan fingerprint density at radius 2 is 1.75 bits per heavy atom. The van der Waals surface area contributed by atoms with Crippen LogP contribution < -0.4 is 17.0 Å². The summed E-state index contributed by atoms with van der Waals surface area (Å²) >= 11 is 0. The molecular formula is C13H19N5O2. The van der Waals surface area contributed by atoms with Crippen LogP contribution in [-0.2, 0) is 14.1 Å². The maximum atomic E-state index is 12.5. The minimum Gasteiger partial charge on any atom is -0.369 e. The van der Waals surface area contributed by atoms with Crippen molar-refractivity contribution >= 4 is 17.1 Å². The standard InChI is InChI=1S/C13H19N5O2/c1-16-9-10(15-12(16)14)18(8-6-4-3-5-7-8)13(20)17(2)11(9)19/h8H,3-7H2,1-2H3,(H2,14,15). The van der Waals surface area contributed by atoms with Gasteiger partial charge in [-0.15, -0.1) is 0 Å². The zero-order valence-corrected chi connectivity index (χ0v) is 11.8. The smallest absolute Gasteiger partial charge is 0.332 e. The molecule has 2 aromatic rings. The van der Waals surface area contributed by atoms with E-state index in [9.17, 15) is 9.59 Å². The second-order valence-corrected chi connectivity index (χ2v) is 5.51. The topological polar surface area (TPSA) is 87.8 Å². The van der Waals surface area contributed by atoms with Crippen LogP contribution in [0.2, 0.25) is 0 Å². The Labute approximate surface area is 115 Å². The van der Waals surface area contributed by atoms with Crippen molar-refractivity contribution in [3.05, 3.63) is 20.8 Å². The van der Waals surface area contributed by atoms with Crippen molar-refractivity contribution in [2.24, 2.45) is 14.1 Å². The number of rotatable bonds is 1. The summed E-state index contributed by atoms with van der Waals surface area (Å²) in [5.74, 6) is 0.257. The second-order valence-electron chi connectivity index (χ2n) is 5.51. The molecule has 20 heavy (non-hydrogen) atoms. The molecule has 2 aromatic heterocycles. The van der Waals surface area contributed by atoms with Crippen LogP contribution in [-0.4, -0.2) is 18.7 Å². The number of anilines is 1. The van der Waals surface area contributed by atoms with E-state index in [0.29, 0.717) is 11.2 Å². The van der Waals surface area contributed by atoms with Crippen molar-refractivity contribution in [1.29, 1.82) is 0 Å². The molecule has 0 radical (unpaired) electrons. The lowest BCUT2D eigenvalue weighted by Crippen LogP contribution is -2.40. The number of hydrogen-bond acceptors (Lipinski definition) is 4. The van der Waals surface area contributed by atoms with E-state index in [1.165, 1.54) is 13.5 Å². The summed E-state index contributed by atoms with van der Waals surface area (Å²) in [5.41, 5.74) is 5.99. The Bertz CT molecular complexity index is 777. The number of fused-ring (bicyclic) bond motifs is 1. The summed E-state index contributed by atoms with van der Waals surface area (Å²) in [4.78, 5) is 29.0. The van der Waals surface area contributed by atoms with Gasteiger partial charge in [0.05, 0.1) is 0 Å². The number of nitrogens with two attached hydrogens (primary N) is 1. The molecule has 0 aliphatic heterocycles. The van der Waals surface area contributed by atoms with Gasteiger partial charge in [0, 0.05) is 20.1 Å². The Morgan fingerprint density at radius 3 is 2.40 bits per heavy atom. The maximum Gasteiger partial charge on any atom is 0.332 e. The molecule has 0 unspecified atom stereocenters. The first-order valence-corrected chi connectivity index (χ1v) is 6.95. The van der Waals surface area contributed by atoms with E-state index in [0.717, 1.165) is 30.3 Å². The highest BCUT2D eigenvalue weighted by atomic mass is 16.2. The molecule has 0 aromatic carbocycles. The summed E-state index contributed by atoms with van der Waals surface area (Å²) in [6, 6.07) is 0.111. The third-order valence-corrected chi connectivity index (χ3v) is 4.28. The normalized spacial score (nSPS) is 16.9. The fourth-order valence-electron chi connectivity index (χ4n) is 3.07. The largest absolute Gasteiger partial charge is 0.369 e. The average molecular weight is 277 g/mol. The molecule has 7 heteroatoms. The fourth-order valence-corrected chi connectivity index (χ4v) is 3.07. The van der Waals surface area contributed by atoms with Crippen LogP contribution in [0.15, 0.2) is 9.59 Å². The van der Waals surface area contributed by atoms with Crippen LogP contribution in [0.4, 0.5) is 5.95 Å². The Kier molecular flexibility index (Phi) is 2.92. The minimum absolute atomic E-state index is 0.111. The van der Waals surface area contributed by atoms with Crippen molar-refractivity contribution in [2.45, 2.75) is 38.1 Å². The van der Waals surface area contributed by atoms with Gasteiger partial charge in [-0.25, -0.2) is 4.79 Å². The summed E-state index contributed by atoms with van der Waals surface area (Å²) < 4.78 is 4.36. The zero-order chi connectivity index (χ0) is 14.4. The number of hydrogen-bond donors (Lipinski definition) is 1. The first-order chi connectivity index (χ1) is 9.52. The lowest BCUT2D eigenvalue weighted by Gasteiger charge is -2.24. The number of imidazole rings is 1. The predicted molar refractivity (Wildman–Crippen MR) is 76.7 cm³/mol. The fraction of sp³-hybridized carbons (Fsp3) is 0.615. The molecule has 2 N–H and O–H groups in total. The Hall–Kier alpha value is -2.05. The molecule has 1 fully saturated rings. The Morgan fingerprint density at radius 1 is 1.10 bits per heavy atom. The molecule has 1 saturated carbocycles. The highest BCUT2D eigenvalue weighted by molar-refractivity contribution is 5.73. The summed E-state index contributed by atoms with van der Waals surface area (Å²) in [6.07, 6.45) is 5.30. The molecular weight excluding hydrogens is 258 g/mol. The summed E-state index contributed by atoms with van der Waals surface area (Å²) in [5, 5.41) is 0. The highest BCUT2D eigenvalue weighted by Crippen LogP contribution is 2.28. The van der Waals surface area contributed by atoms with Gasteiger partial charge in [-0.1, -0.05) is 19.3 Å². The van der Waals surface area contributed by atoms with Gasteiger partial charge < -0.3 is 10.3 Å². The minimum atomic E-state index is -0.344. The van der Waals surface area contributed by atoms with E-state index in [-0.39, 0.29) is 23.2 Å². The van der Waals surface area contributed by atoms with Crippen LogP contribution in [0, 0.1) is 0 Å². The quantitative estimate of drug-likeness (QED) is 0.823. The zero-order valence-electron chi connectivity index (χ0n) is 11.8. The molecule has 1 aliphatic rings. The molecule has 0 amide bonds. The molecule has 0 bridgehead atoms.